The molecule has 0 bridgehead atoms. The number of nitrogens with zero attached hydrogens (tertiary/aromatic N) is 2. The van der Waals surface area contributed by atoms with Gasteiger partial charge in [-0.25, -0.2) is 0 Å². The summed E-state index contributed by atoms with van der Waals surface area (Å²) in [6, 6.07) is 10.6. The van der Waals surface area contributed by atoms with Crippen LogP contribution in [0.5, 0.6) is 0 Å². The van der Waals surface area contributed by atoms with E-state index in [0.29, 0.717) is 0 Å². The van der Waals surface area contributed by atoms with Gasteiger partial charge in [-0.3, -0.25) is 4.68 Å². The van der Waals surface area contributed by atoms with Crippen molar-refractivity contribution in [3.63, 3.8) is 0 Å². The molecule has 0 unspecified atom stereocenters. The summed E-state index contributed by atoms with van der Waals surface area (Å²) in [6.07, 6.45) is 2.92. The summed E-state index contributed by atoms with van der Waals surface area (Å²) in [5.74, 6) is 0.921. The van der Waals surface area contributed by atoms with Crippen LogP contribution in [0.25, 0.3) is 0 Å². The Labute approximate surface area is 127 Å². The Hall–Kier alpha value is -1.97. The summed E-state index contributed by atoms with van der Waals surface area (Å²) < 4.78 is 1.85. The second kappa shape index (κ2) is 6.20. The summed E-state index contributed by atoms with van der Waals surface area (Å²) in [4.78, 5) is 0. The van der Waals surface area contributed by atoms with Crippen LogP contribution < -0.4 is 11.1 Å². The molecule has 1 heterocycles. The molecule has 1 aromatic heterocycles. The lowest BCUT2D eigenvalue weighted by atomic mass is 9.95. The van der Waals surface area contributed by atoms with Crippen LogP contribution in [0.1, 0.15) is 38.4 Å². The van der Waals surface area contributed by atoms with Crippen LogP contribution in [0.2, 0.25) is 0 Å². The lowest BCUT2D eigenvalue weighted by Crippen LogP contribution is -2.32. The van der Waals surface area contributed by atoms with Crippen LogP contribution in [0.4, 0.5) is 11.5 Å². The highest BCUT2D eigenvalue weighted by Crippen LogP contribution is 2.27. The molecule has 0 saturated carbocycles. The Morgan fingerprint density at radius 2 is 1.90 bits per heavy atom. The average molecular weight is 286 g/mol. The summed E-state index contributed by atoms with van der Waals surface area (Å²) >= 11 is 0. The maximum Gasteiger partial charge on any atom is 0.148 e. The van der Waals surface area contributed by atoms with E-state index in [1.165, 1.54) is 5.56 Å². The van der Waals surface area contributed by atoms with Crippen molar-refractivity contribution in [2.24, 2.45) is 7.05 Å². The van der Waals surface area contributed by atoms with Crippen molar-refractivity contribution in [2.45, 2.75) is 45.6 Å². The van der Waals surface area contributed by atoms with Crippen LogP contribution in [0, 0.1) is 0 Å². The van der Waals surface area contributed by atoms with Gasteiger partial charge in [0.05, 0.1) is 11.4 Å². The highest BCUT2D eigenvalue weighted by atomic mass is 15.3. The quantitative estimate of drug-likeness (QED) is 0.856. The molecule has 0 amide bonds. The van der Waals surface area contributed by atoms with Gasteiger partial charge in [0.25, 0.3) is 0 Å². The summed E-state index contributed by atoms with van der Waals surface area (Å²) in [5, 5.41) is 8.02. The highest BCUT2D eigenvalue weighted by molar-refractivity contribution is 5.65. The van der Waals surface area contributed by atoms with Gasteiger partial charge in [-0.2, -0.15) is 5.10 Å². The fourth-order valence-corrected chi connectivity index (χ4v) is 2.49. The third-order valence-electron chi connectivity index (χ3n) is 3.83. The van der Waals surface area contributed by atoms with Crippen LogP contribution in [-0.4, -0.2) is 15.3 Å². The van der Waals surface area contributed by atoms with E-state index in [2.05, 4.69) is 61.5 Å². The summed E-state index contributed by atoms with van der Waals surface area (Å²) in [7, 11) is 1.94. The fraction of sp³-hybridized carbons (Fsp3) is 0.471. The second-order valence-electron chi connectivity index (χ2n) is 6.18. The second-order valence-corrected chi connectivity index (χ2v) is 6.18. The molecule has 114 valence electrons. The largest absolute Gasteiger partial charge is 0.394 e. The average Bonchev–Trinajstić information content (AvgIpc) is 2.73. The first-order valence-electron chi connectivity index (χ1n) is 7.56. The standard InChI is InChI=1S/C17H26N4/c1-5-14-15(18)16(21(4)20-14)19-17(2,3)12-11-13-9-7-6-8-10-13/h6-10,19H,5,11-12,18H2,1-4H3. The molecule has 0 aliphatic carbocycles. The minimum absolute atomic E-state index is 0.0389. The lowest BCUT2D eigenvalue weighted by Gasteiger charge is -2.28. The SMILES string of the molecule is CCc1nn(C)c(NC(C)(C)CCc2ccccc2)c1N. The van der Waals surface area contributed by atoms with Gasteiger partial charge >= 0.3 is 0 Å². The first kappa shape index (κ1) is 15.4. The van der Waals surface area contributed by atoms with E-state index in [1.807, 2.05) is 11.7 Å². The number of rotatable bonds is 6. The third kappa shape index (κ3) is 3.78. The lowest BCUT2D eigenvalue weighted by molar-refractivity contribution is 0.512. The van der Waals surface area contributed by atoms with Crippen molar-refractivity contribution >= 4 is 11.5 Å². The number of benzene rings is 1. The van der Waals surface area contributed by atoms with Gasteiger partial charge < -0.3 is 11.1 Å². The number of aryl methyl sites for hydroxylation is 3. The predicted molar refractivity (Wildman–Crippen MR) is 89.5 cm³/mol. The summed E-state index contributed by atoms with van der Waals surface area (Å²) in [5.41, 5.74) is 9.23. The molecule has 2 aromatic rings. The van der Waals surface area contributed by atoms with Crippen molar-refractivity contribution in [1.82, 2.24) is 9.78 Å². The van der Waals surface area contributed by atoms with Crippen LogP contribution in [0.3, 0.4) is 0 Å². The third-order valence-corrected chi connectivity index (χ3v) is 3.83. The number of hydrogen-bond donors (Lipinski definition) is 2. The van der Waals surface area contributed by atoms with Crippen molar-refractivity contribution in [3.05, 3.63) is 41.6 Å². The van der Waals surface area contributed by atoms with Gasteiger partial charge in [0.2, 0.25) is 0 Å². The molecular formula is C17H26N4. The van der Waals surface area contributed by atoms with Gasteiger partial charge in [-0.1, -0.05) is 37.3 Å². The normalized spacial score (nSPS) is 11.6. The molecule has 21 heavy (non-hydrogen) atoms. The van der Waals surface area contributed by atoms with E-state index >= 15 is 0 Å². The van der Waals surface area contributed by atoms with Crippen LogP contribution in [0.15, 0.2) is 30.3 Å². The number of anilines is 2. The summed E-state index contributed by atoms with van der Waals surface area (Å²) in [6.45, 7) is 6.48. The number of hydrogen-bond acceptors (Lipinski definition) is 3. The number of nitrogens with one attached hydrogen (secondary N) is 1. The minimum atomic E-state index is -0.0389. The van der Waals surface area contributed by atoms with Gasteiger partial charge in [-0.15, -0.1) is 0 Å². The number of nitrogens with two attached hydrogens (primary N) is 1. The van der Waals surface area contributed by atoms with E-state index in [4.69, 9.17) is 5.73 Å². The van der Waals surface area contributed by atoms with Crippen molar-refractivity contribution in [1.29, 1.82) is 0 Å². The first-order valence-corrected chi connectivity index (χ1v) is 7.56. The minimum Gasteiger partial charge on any atom is -0.394 e. The van der Waals surface area contributed by atoms with E-state index < -0.39 is 0 Å². The molecule has 1 aromatic carbocycles. The van der Waals surface area contributed by atoms with Crippen molar-refractivity contribution in [2.75, 3.05) is 11.1 Å². The molecule has 4 heteroatoms. The van der Waals surface area contributed by atoms with E-state index in [0.717, 1.165) is 36.5 Å². The first-order chi connectivity index (χ1) is 9.93. The van der Waals surface area contributed by atoms with Crippen molar-refractivity contribution in [3.8, 4) is 0 Å². The van der Waals surface area contributed by atoms with E-state index in [9.17, 15) is 0 Å². The molecule has 2 rings (SSSR count). The van der Waals surface area contributed by atoms with Crippen LogP contribution >= 0.6 is 0 Å². The zero-order chi connectivity index (χ0) is 15.5. The molecule has 4 nitrogen and oxygen atoms in total. The molecule has 0 radical (unpaired) electrons. The Balaban J connectivity index is 2.05. The molecular weight excluding hydrogens is 260 g/mol. The number of nitrogen functional groups attached to an aromatic ring is 1. The molecule has 0 aliphatic heterocycles. The van der Waals surface area contributed by atoms with E-state index in [-0.39, 0.29) is 5.54 Å². The zero-order valence-corrected chi connectivity index (χ0v) is 13.5. The van der Waals surface area contributed by atoms with Gasteiger partial charge in [0.15, 0.2) is 0 Å². The monoisotopic (exact) mass is 286 g/mol. The molecule has 3 N–H and O–H groups in total. The van der Waals surface area contributed by atoms with Gasteiger partial charge in [-0.05, 0) is 38.7 Å². The molecule has 0 atom stereocenters. The Morgan fingerprint density at radius 3 is 2.48 bits per heavy atom. The highest BCUT2D eigenvalue weighted by Gasteiger charge is 2.22. The smallest absolute Gasteiger partial charge is 0.148 e. The Bertz CT molecular complexity index is 584. The maximum absolute atomic E-state index is 6.18. The Kier molecular flexibility index (Phi) is 4.56. The van der Waals surface area contributed by atoms with Gasteiger partial charge in [0, 0.05) is 12.6 Å². The topological polar surface area (TPSA) is 55.9 Å². The maximum atomic E-state index is 6.18. The predicted octanol–water partition coefficient (Wildman–Crippen LogP) is 3.39. The zero-order valence-electron chi connectivity index (χ0n) is 13.5. The molecule has 0 saturated heterocycles. The molecule has 0 spiro atoms. The fourth-order valence-electron chi connectivity index (χ4n) is 2.49. The van der Waals surface area contributed by atoms with Crippen molar-refractivity contribution < 1.29 is 0 Å². The molecule has 0 fully saturated rings. The van der Waals surface area contributed by atoms with E-state index in [1.54, 1.807) is 0 Å². The van der Waals surface area contributed by atoms with Gasteiger partial charge in [0.1, 0.15) is 5.82 Å². The number of aromatic nitrogens is 2. The molecule has 0 aliphatic rings. The van der Waals surface area contributed by atoms with Crippen LogP contribution in [-0.2, 0) is 19.9 Å². The Morgan fingerprint density at radius 1 is 1.24 bits per heavy atom.